The van der Waals surface area contributed by atoms with E-state index in [2.05, 4.69) is 18.0 Å². The Morgan fingerprint density at radius 1 is 1.50 bits per heavy atom. The molecule has 2 nitrogen and oxygen atoms in total. The van der Waals surface area contributed by atoms with Crippen LogP contribution in [0.25, 0.3) is 0 Å². The molecule has 1 aromatic rings. The molecule has 0 aromatic carbocycles. The van der Waals surface area contributed by atoms with Gasteiger partial charge in [-0.1, -0.05) is 19.4 Å². The third-order valence-corrected chi connectivity index (χ3v) is 2.12. The van der Waals surface area contributed by atoms with Gasteiger partial charge in [0.2, 0.25) is 0 Å². The second-order valence-corrected chi connectivity index (χ2v) is 3.75. The van der Waals surface area contributed by atoms with E-state index in [9.17, 15) is 4.79 Å². The Labute approximate surface area is 85.4 Å². The van der Waals surface area contributed by atoms with Gasteiger partial charge in [0, 0.05) is 18.3 Å². The summed E-state index contributed by atoms with van der Waals surface area (Å²) in [6.45, 7) is 5.75. The van der Waals surface area contributed by atoms with Gasteiger partial charge in [0.25, 0.3) is 0 Å². The van der Waals surface area contributed by atoms with Crippen LogP contribution in [0.5, 0.6) is 0 Å². The molecule has 0 aliphatic carbocycles. The van der Waals surface area contributed by atoms with Gasteiger partial charge in [-0.3, -0.25) is 9.78 Å². The molecule has 0 bridgehead atoms. The van der Waals surface area contributed by atoms with Gasteiger partial charge in [0.15, 0.2) is 0 Å². The monoisotopic (exact) mass is 191 g/mol. The lowest BCUT2D eigenvalue weighted by atomic mass is 10.0. The summed E-state index contributed by atoms with van der Waals surface area (Å²) in [5, 5.41) is 0. The van der Waals surface area contributed by atoms with E-state index in [0.717, 1.165) is 29.7 Å². The second-order valence-electron chi connectivity index (χ2n) is 3.75. The van der Waals surface area contributed by atoms with Gasteiger partial charge in [0.1, 0.15) is 5.78 Å². The smallest absolute Gasteiger partial charge is 0.134 e. The minimum absolute atomic E-state index is 0.203. The lowest BCUT2D eigenvalue weighted by Crippen LogP contribution is -2.03. The van der Waals surface area contributed by atoms with Crippen LogP contribution in [-0.4, -0.2) is 10.8 Å². The minimum atomic E-state index is 0.203. The number of hydrogen-bond donors (Lipinski definition) is 0. The summed E-state index contributed by atoms with van der Waals surface area (Å²) in [5.41, 5.74) is 3.30. The van der Waals surface area contributed by atoms with Gasteiger partial charge >= 0.3 is 0 Å². The van der Waals surface area contributed by atoms with Gasteiger partial charge < -0.3 is 0 Å². The number of Topliss-reactive ketones (excluding diaryl/α,β-unsaturated/α-hetero) is 1. The molecule has 0 saturated carbocycles. The van der Waals surface area contributed by atoms with Crippen molar-refractivity contribution in [3.8, 4) is 0 Å². The number of hydrogen-bond acceptors (Lipinski definition) is 2. The van der Waals surface area contributed by atoms with E-state index in [0.29, 0.717) is 6.42 Å². The molecule has 1 aromatic heterocycles. The maximum atomic E-state index is 11.1. The number of rotatable bonds is 4. The van der Waals surface area contributed by atoms with E-state index in [1.54, 1.807) is 6.92 Å². The van der Waals surface area contributed by atoms with Crippen molar-refractivity contribution in [1.29, 1.82) is 0 Å². The predicted molar refractivity (Wildman–Crippen MR) is 57.4 cm³/mol. The van der Waals surface area contributed by atoms with E-state index >= 15 is 0 Å². The van der Waals surface area contributed by atoms with Crippen molar-refractivity contribution in [2.24, 2.45) is 0 Å². The van der Waals surface area contributed by atoms with Crippen LogP contribution in [0.4, 0.5) is 0 Å². The van der Waals surface area contributed by atoms with Crippen LogP contribution in [0, 0.1) is 6.92 Å². The van der Waals surface area contributed by atoms with Crippen LogP contribution in [0.1, 0.15) is 37.1 Å². The molecule has 0 spiro atoms. The van der Waals surface area contributed by atoms with Gasteiger partial charge in [0.05, 0.1) is 0 Å². The summed E-state index contributed by atoms with van der Waals surface area (Å²) in [4.78, 5) is 15.4. The molecule has 14 heavy (non-hydrogen) atoms. The zero-order valence-electron chi connectivity index (χ0n) is 9.13. The Morgan fingerprint density at radius 2 is 2.21 bits per heavy atom. The highest BCUT2D eigenvalue weighted by atomic mass is 16.1. The summed E-state index contributed by atoms with van der Waals surface area (Å²) in [7, 11) is 0. The highest BCUT2D eigenvalue weighted by molar-refractivity contribution is 5.78. The van der Waals surface area contributed by atoms with Crippen LogP contribution in [0.3, 0.4) is 0 Å². The van der Waals surface area contributed by atoms with E-state index < -0.39 is 0 Å². The largest absolute Gasteiger partial charge is 0.300 e. The molecular weight excluding hydrogens is 174 g/mol. The summed E-state index contributed by atoms with van der Waals surface area (Å²) in [6, 6.07) is 2.07. The average Bonchev–Trinajstić information content (AvgIpc) is 2.09. The topological polar surface area (TPSA) is 30.0 Å². The van der Waals surface area contributed by atoms with Gasteiger partial charge in [-0.05, 0) is 31.4 Å². The fraction of sp³-hybridized carbons (Fsp3) is 0.500. The molecule has 0 radical (unpaired) electrons. The van der Waals surface area contributed by atoms with Crippen LogP contribution in [-0.2, 0) is 17.6 Å². The standard InChI is InChI=1S/C12H17NO/c1-4-5-12-11(7-10(3)14)6-9(2)8-13-12/h6,8H,4-5,7H2,1-3H3. The fourth-order valence-corrected chi connectivity index (χ4v) is 1.54. The first-order chi connectivity index (χ1) is 6.63. The first kappa shape index (κ1) is 10.9. The molecule has 0 fully saturated rings. The molecular formula is C12H17NO. The maximum Gasteiger partial charge on any atom is 0.134 e. The Morgan fingerprint density at radius 3 is 2.79 bits per heavy atom. The Bertz CT molecular complexity index is 331. The van der Waals surface area contributed by atoms with E-state index in [1.807, 2.05) is 13.1 Å². The summed E-state index contributed by atoms with van der Waals surface area (Å²) >= 11 is 0. The van der Waals surface area contributed by atoms with E-state index in [1.165, 1.54) is 0 Å². The molecule has 0 aliphatic rings. The Hall–Kier alpha value is -1.18. The summed E-state index contributed by atoms with van der Waals surface area (Å²) in [5.74, 6) is 0.203. The lowest BCUT2D eigenvalue weighted by Gasteiger charge is -2.06. The van der Waals surface area contributed by atoms with Crippen molar-refractivity contribution in [2.45, 2.75) is 40.0 Å². The van der Waals surface area contributed by atoms with Crippen molar-refractivity contribution in [3.63, 3.8) is 0 Å². The molecule has 0 aliphatic heterocycles. The number of nitrogens with zero attached hydrogens (tertiary/aromatic N) is 1. The second kappa shape index (κ2) is 4.89. The third kappa shape index (κ3) is 2.95. The van der Waals surface area contributed by atoms with E-state index in [-0.39, 0.29) is 5.78 Å². The highest BCUT2D eigenvalue weighted by Crippen LogP contribution is 2.11. The molecule has 0 atom stereocenters. The number of carbonyl (C=O) groups is 1. The molecule has 76 valence electrons. The first-order valence-electron chi connectivity index (χ1n) is 5.07. The number of aromatic nitrogens is 1. The first-order valence-corrected chi connectivity index (χ1v) is 5.07. The fourth-order valence-electron chi connectivity index (χ4n) is 1.54. The predicted octanol–water partition coefficient (Wildman–Crippen LogP) is 2.47. The van der Waals surface area contributed by atoms with Crippen molar-refractivity contribution >= 4 is 5.78 Å². The van der Waals surface area contributed by atoms with Crippen LogP contribution >= 0.6 is 0 Å². The lowest BCUT2D eigenvalue weighted by molar-refractivity contribution is -0.116. The van der Waals surface area contributed by atoms with Crippen molar-refractivity contribution in [2.75, 3.05) is 0 Å². The average molecular weight is 191 g/mol. The van der Waals surface area contributed by atoms with Gasteiger partial charge in [-0.15, -0.1) is 0 Å². The molecule has 2 heteroatoms. The van der Waals surface area contributed by atoms with Crippen molar-refractivity contribution < 1.29 is 4.79 Å². The normalized spacial score (nSPS) is 10.2. The van der Waals surface area contributed by atoms with Crippen molar-refractivity contribution in [3.05, 3.63) is 29.1 Å². The number of carbonyl (C=O) groups excluding carboxylic acids is 1. The number of pyridine rings is 1. The number of ketones is 1. The van der Waals surface area contributed by atoms with Crippen LogP contribution in [0.15, 0.2) is 12.3 Å². The molecule has 0 unspecified atom stereocenters. The van der Waals surface area contributed by atoms with Crippen LogP contribution in [0.2, 0.25) is 0 Å². The molecule has 0 saturated heterocycles. The summed E-state index contributed by atoms with van der Waals surface area (Å²) in [6.07, 6.45) is 4.42. The Kier molecular flexibility index (Phi) is 3.81. The van der Waals surface area contributed by atoms with E-state index in [4.69, 9.17) is 0 Å². The van der Waals surface area contributed by atoms with Gasteiger partial charge in [-0.25, -0.2) is 0 Å². The van der Waals surface area contributed by atoms with Crippen molar-refractivity contribution in [1.82, 2.24) is 4.98 Å². The molecule has 0 N–H and O–H groups in total. The molecule has 1 rings (SSSR count). The minimum Gasteiger partial charge on any atom is -0.300 e. The molecule has 1 heterocycles. The quantitative estimate of drug-likeness (QED) is 0.731. The zero-order valence-corrected chi connectivity index (χ0v) is 9.13. The van der Waals surface area contributed by atoms with Gasteiger partial charge in [-0.2, -0.15) is 0 Å². The zero-order chi connectivity index (χ0) is 10.6. The Balaban J connectivity index is 2.96. The third-order valence-electron chi connectivity index (χ3n) is 2.12. The highest BCUT2D eigenvalue weighted by Gasteiger charge is 2.05. The SMILES string of the molecule is CCCc1ncc(C)cc1CC(C)=O. The molecule has 0 amide bonds. The summed E-state index contributed by atoms with van der Waals surface area (Å²) < 4.78 is 0. The number of aryl methyl sites for hydroxylation is 2. The maximum absolute atomic E-state index is 11.1. The van der Waals surface area contributed by atoms with Crippen LogP contribution < -0.4 is 0 Å².